The third-order valence-corrected chi connectivity index (χ3v) is 2.69. The van der Waals surface area contributed by atoms with Crippen molar-refractivity contribution in [3.8, 4) is 0 Å². The van der Waals surface area contributed by atoms with Crippen LogP contribution < -0.4 is 5.73 Å². The van der Waals surface area contributed by atoms with E-state index in [1.165, 1.54) is 0 Å². The van der Waals surface area contributed by atoms with Crippen LogP contribution in [0.15, 0.2) is 6.20 Å². The fourth-order valence-electron chi connectivity index (χ4n) is 1.23. The molecule has 2 rings (SSSR count). The van der Waals surface area contributed by atoms with Crippen molar-refractivity contribution in [3.05, 3.63) is 22.9 Å². The minimum atomic E-state index is 0.440. The highest BCUT2D eigenvalue weighted by atomic mass is 35.5. The largest absolute Gasteiger partial charge is 0.381 e. The molecule has 0 amide bonds. The van der Waals surface area contributed by atoms with Crippen LogP contribution in [-0.4, -0.2) is 24.5 Å². The van der Waals surface area contributed by atoms with Crippen LogP contribution in [0.25, 0.3) is 0 Å². The minimum absolute atomic E-state index is 0.440. The van der Waals surface area contributed by atoms with Gasteiger partial charge in [0.2, 0.25) is 0 Å². The molecule has 7 heteroatoms. The molecular formula is C8H11ClN6. The van der Waals surface area contributed by atoms with E-state index in [0.29, 0.717) is 17.5 Å². The van der Waals surface area contributed by atoms with E-state index < -0.39 is 0 Å². The number of halogens is 1. The molecule has 0 spiro atoms. The molecular weight excluding hydrogens is 216 g/mol. The Morgan fingerprint density at radius 3 is 2.73 bits per heavy atom. The Bertz CT molecular complexity index is 441. The first-order valence-electron chi connectivity index (χ1n) is 4.41. The number of aromatic nitrogens is 5. The molecule has 2 heterocycles. The molecule has 0 aromatic carbocycles. The van der Waals surface area contributed by atoms with Crippen LogP contribution in [0.2, 0.25) is 5.15 Å². The molecule has 0 radical (unpaired) electrons. The normalized spacial score (nSPS) is 10.9. The van der Waals surface area contributed by atoms with Crippen LogP contribution in [0.5, 0.6) is 0 Å². The van der Waals surface area contributed by atoms with Gasteiger partial charge in [-0.3, -0.25) is 0 Å². The zero-order valence-electron chi connectivity index (χ0n) is 8.48. The molecule has 6 nitrogen and oxygen atoms in total. The van der Waals surface area contributed by atoms with Gasteiger partial charge < -0.3 is 10.3 Å². The van der Waals surface area contributed by atoms with Crippen molar-refractivity contribution >= 4 is 17.4 Å². The lowest BCUT2D eigenvalue weighted by Gasteiger charge is -2.03. The van der Waals surface area contributed by atoms with Gasteiger partial charge in [0.1, 0.15) is 17.5 Å². The quantitative estimate of drug-likeness (QED) is 0.814. The average Bonchev–Trinajstić information content (AvgIpc) is 2.68. The molecule has 0 fully saturated rings. The average molecular weight is 227 g/mol. The standard InChI is InChI=1S/C8H11ClN6/c1-5-8(10)12-13-15(5)4-7-11-3-6(9)14(7)2/h3H,4,10H2,1-2H3. The predicted molar refractivity (Wildman–Crippen MR) is 56.5 cm³/mol. The minimum Gasteiger partial charge on any atom is -0.381 e. The Labute approximate surface area is 91.7 Å². The zero-order valence-corrected chi connectivity index (χ0v) is 9.23. The van der Waals surface area contributed by atoms with Crippen LogP contribution in [0.1, 0.15) is 11.5 Å². The van der Waals surface area contributed by atoms with Crippen LogP contribution in [-0.2, 0) is 13.6 Å². The first-order chi connectivity index (χ1) is 7.09. The highest BCUT2D eigenvalue weighted by Crippen LogP contribution is 2.12. The van der Waals surface area contributed by atoms with Crippen molar-refractivity contribution < 1.29 is 0 Å². The van der Waals surface area contributed by atoms with E-state index in [-0.39, 0.29) is 0 Å². The highest BCUT2D eigenvalue weighted by Gasteiger charge is 2.09. The summed E-state index contributed by atoms with van der Waals surface area (Å²) in [5.74, 6) is 1.25. The molecule has 2 aromatic rings. The molecule has 80 valence electrons. The van der Waals surface area contributed by atoms with Crippen molar-refractivity contribution in [2.75, 3.05) is 5.73 Å². The third-order valence-electron chi connectivity index (χ3n) is 2.34. The molecule has 2 aromatic heterocycles. The van der Waals surface area contributed by atoms with Gasteiger partial charge in [-0.15, -0.1) is 5.10 Å². The smallest absolute Gasteiger partial charge is 0.168 e. The van der Waals surface area contributed by atoms with Crippen molar-refractivity contribution in [1.29, 1.82) is 0 Å². The van der Waals surface area contributed by atoms with Crippen LogP contribution in [0, 0.1) is 6.92 Å². The van der Waals surface area contributed by atoms with E-state index in [1.54, 1.807) is 15.4 Å². The van der Waals surface area contributed by atoms with E-state index >= 15 is 0 Å². The maximum Gasteiger partial charge on any atom is 0.168 e. The number of anilines is 1. The Kier molecular flexibility index (Phi) is 2.36. The van der Waals surface area contributed by atoms with E-state index in [2.05, 4.69) is 15.3 Å². The molecule has 0 atom stereocenters. The Balaban J connectivity index is 2.29. The number of rotatable bonds is 2. The van der Waals surface area contributed by atoms with Crippen LogP contribution in [0.3, 0.4) is 0 Å². The fourth-order valence-corrected chi connectivity index (χ4v) is 1.38. The van der Waals surface area contributed by atoms with Crippen molar-refractivity contribution in [2.24, 2.45) is 7.05 Å². The van der Waals surface area contributed by atoms with Crippen LogP contribution >= 0.6 is 11.6 Å². The van der Waals surface area contributed by atoms with Gasteiger partial charge in [-0.2, -0.15) is 0 Å². The lowest BCUT2D eigenvalue weighted by molar-refractivity contribution is 0.594. The third kappa shape index (κ3) is 1.68. The van der Waals surface area contributed by atoms with Gasteiger partial charge in [0.25, 0.3) is 0 Å². The second kappa shape index (κ2) is 3.54. The van der Waals surface area contributed by atoms with Crippen molar-refractivity contribution in [3.63, 3.8) is 0 Å². The van der Waals surface area contributed by atoms with Gasteiger partial charge in [-0.25, -0.2) is 9.67 Å². The summed E-state index contributed by atoms with van der Waals surface area (Å²) in [6, 6.07) is 0. The Morgan fingerprint density at radius 1 is 1.53 bits per heavy atom. The summed E-state index contributed by atoms with van der Waals surface area (Å²) in [5.41, 5.74) is 6.42. The SMILES string of the molecule is Cc1c(N)nnn1Cc1ncc(Cl)n1C. The number of nitrogen functional groups attached to an aromatic ring is 1. The van der Waals surface area contributed by atoms with Crippen molar-refractivity contribution in [2.45, 2.75) is 13.5 Å². The molecule has 0 saturated heterocycles. The lowest BCUT2D eigenvalue weighted by atomic mass is 10.4. The summed E-state index contributed by atoms with van der Waals surface area (Å²) < 4.78 is 3.48. The topological polar surface area (TPSA) is 74.6 Å². The summed E-state index contributed by atoms with van der Waals surface area (Å²) in [4.78, 5) is 4.16. The van der Waals surface area contributed by atoms with E-state index in [4.69, 9.17) is 17.3 Å². The summed E-state index contributed by atoms with van der Waals surface area (Å²) in [6.07, 6.45) is 1.60. The second-order valence-corrected chi connectivity index (χ2v) is 3.66. The van der Waals surface area contributed by atoms with Gasteiger partial charge in [0.15, 0.2) is 5.82 Å². The number of nitrogens with two attached hydrogens (primary N) is 1. The first-order valence-corrected chi connectivity index (χ1v) is 4.79. The van der Waals surface area contributed by atoms with Gasteiger partial charge in [-0.1, -0.05) is 16.8 Å². The zero-order chi connectivity index (χ0) is 11.0. The van der Waals surface area contributed by atoms with Crippen molar-refractivity contribution in [1.82, 2.24) is 24.5 Å². The molecule has 15 heavy (non-hydrogen) atoms. The summed E-state index contributed by atoms with van der Waals surface area (Å²) in [5, 5.41) is 8.27. The first kappa shape index (κ1) is 9.97. The number of nitrogens with zero attached hydrogens (tertiary/aromatic N) is 5. The molecule has 2 N–H and O–H groups in total. The summed E-state index contributed by atoms with van der Waals surface area (Å²) in [7, 11) is 1.85. The Hall–Kier alpha value is -1.56. The molecule has 0 saturated carbocycles. The summed E-state index contributed by atoms with van der Waals surface area (Å²) >= 11 is 5.87. The molecule has 0 unspecified atom stereocenters. The maximum absolute atomic E-state index is 5.87. The summed E-state index contributed by atoms with van der Waals surface area (Å²) in [6.45, 7) is 2.37. The maximum atomic E-state index is 5.87. The molecule has 0 aliphatic heterocycles. The highest BCUT2D eigenvalue weighted by molar-refractivity contribution is 6.29. The van der Waals surface area contributed by atoms with Gasteiger partial charge in [-0.05, 0) is 6.92 Å². The van der Waals surface area contributed by atoms with Gasteiger partial charge in [0, 0.05) is 7.05 Å². The Morgan fingerprint density at radius 2 is 2.27 bits per heavy atom. The van der Waals surface area contributed by atoms with Gasteiger partial charge in [0.05, 0.1) is 11.9 Å². The molecule has 0 aliphatic rings. The van der Waals surface area contributed by atoms with E-state index in [1.807, 2.05) is 14.0 Å². The molecule has 0 bridgehead atoms. The second-order valence-electron chi connectivity index (χ2n) is 3.27. The lowest BCUT2D eigenvalue weighted by Crippen LogP contribution is -2.09. The van der Waals surface area contributed by atoms with Crippen LogP contribution in [0.4, 0.5) is 5.82 Å². The monoisotopic (exact) mass is 226 g/mol. The van der Waals surface area contributed by atoms with Gasteiger partial charge >= 0.3 is 0 Å². The predicted octanol–water partition coefficient (Wildman–Crippen LogP) is 0.604. The molecule has 0 aliphatic carbocycles. The number of hydrogen-bond donors (Lipinski definition) is 1. The van der Waals surface area contributed by atoms with E-state index in [0.717, 1.165) is 11.5 Å². The fraction of sp³-hybridized carbons (Fsp3) is 0.375. The van der Waals surface area contributed by atoms with E-state index in [9.17, 15) is 0 Å². The number of hydrogen-bond acceptors (Lipinski definition) is 4. The number of imidazole rings is 1.